The fraction of sp³-hybridized carbons (Fsp3) is 0.238. The van der Waals surface area contributed by atoms with E-state index in [0.717, 1.165) is 5.56 Å². The maximum Gasteiger partial charge on any atom is 0.240 e. The lowest BCUT2D eigenvalue weighted by Gasteiger charge is -2.17. The Morgan fingerprint density at radius 1 is 0.903 bits per heavy atom. The van der Waals surface area contributed by atoms with Gasteiger partial charge in [0.2, 0.25) is 10.0 Å². The van der Waals surface area contributed by atoms with Gasteiger partial charge in [-0.15, -0.1) is 0 Å². The van der Waals surface area contributed by atoms with Crippen molar-refractivity contribution in [3.63, 3.8) is 0 Å². The van der Waals surface area contributed by atoms with Crippen LogP contribution in [0.3, 0.4) is 0 Å². The number of benzene rings is 2. The van der Waals surface area contributed by atoms with E-state index in [9.17, 15) is 16.8 Å². The standard InChI is InChI=1S/C21H23NO7S2/c1-15-6-8-16(9-7-15)30(23,24)21(19-5-4-12-29-19)14-22-31(25,26)17-10-11-18(27-2)20(13-17)28-3/h4-13,21-22H,14H2,1-3H3/t21-/m0/s1. The van der Waals surface area contributed by atoms with Gasteiger partial charge in [-0.3, -0.25) is 0 Å². The topological polar surface area (TPSA) is 112 Å². The van der Waals surface area contributed by atoms with Crippen LogP contribution < -0.4 is 14.2 Å². The molecule has 0 fully saturated rings. The van der Waals surface area contributed by atoms with Crippen molar-refractivity contribution in [1.29, 1.82) is 0 Å². The number of methoxy groups -OCH3 is 2. The Balaban J connectivity index is 1.92. The molecule has 0 saturated carbocycles. The molecule has 3 rings (SSSR count). The molecular weight excluding hydrogens is 442 g/mol. The fourth-order valence-corrected chi connectivity index (χ4v) is 5.74. The molecule has 31 heavy (non-hydrogen) atoms. The molecule has 1 aromatic heterocycles. The predicted octanol–water partition coefficient (Wildman–Crippen LogP) is 3.10. The molecule has 0 spiro atoms. The monoisotopic (exact) mass is 465 g/mol. The van der Waals surface area contributed by atoms with E-state index in [1.54, 1.807) is 18.2 Å². The highest BCUT2D eigenvalue weighted by atomic mass is 32.2. The van der Waals surface area contributed by atoms with E-state index in [1.807, 2.05) is 6.92 Å². The van der Waals surface area contributed by atoms with Crippen molar-refractivity contribution >= 4 is 19.9 Å². The Kier molecular flexibility index (Phi) is 6.73. The van der Waals surface area contributed by atoms with Gasteiger partial charge in [0.05, 0.1) is 30.3 Å². The molecule has 10 heteroatoms. The summed E-state index contributed by atoms with van der Waals surface area (Å²) in [6, 6.07) is 13.5. The number of furan rings is 1. The van der Waals surface area contributed by atoms with E-state index in [-0.39, 0.29) is 21.3 Å². The normalized spacial score (nSPS) is 13.0. The summed E-state index contributed by atoms with van der Waals surface area (Å²) in [7, 11) is -5.15. The van der Waals surface area contributed by atoms with Crippen molar-refractivity contribution in [2.75, 3.05) is 20.8 Å². The molecule has 1 N–H and O–H groups in total. The molecule has 0 unspecified atom stereocenters. The summed E-state index contributed by atoms with van der Waals surface area (Å²) in [6.45, 7) is 1.43. The van der Waals surface area contributed by atoms with Crippen molar-refractivity contribution in [3.05, 3.63) is 72.2 Å². The van der Waals surface area contributed by atoms with Crippen molar-refractivity contribution in [1.82, 2.24) is 4.72 Å². The first kappa shape index (κ1) is 22.9. The maximum absolute atomic E-state index is 13.2. The summed E-state index contributed by atoms with van der Waals surface area (Å²) in [5, 5.41) is -1.25. The highest BCUT2D eigenvalue weighted by Gasteiger charge is 2.33. The lowest BCUT2D eigenvalue weighted by molar-refractivity contribution is 0.354. The molecule has 0 saturated heterocycles. The van der Waals surface area contributed by atoms with Crippen LogP contribution >= 0.6 is 0 Å². The van der Waals surface area contributed by atoms with Crippen molar-refractivity contribution < 1.29 is 30.7 Å². The number of nitrogens with one attached hydrogen (secondary N) is 1. The number of hydrogen-bond acceptors (Lipinski definition) is 7. The van der Waals surface area contributed by atoms with Crippen LogP contribution in [-0.2, 0) is 19.9 Å². The lowest BCUT2D eigenvalue weighted by atomic mass is 10.2. The fourth-order valence-electron chi connectivity index (χ4n) is 2.98. The first-order chi connectivity index (χ1) is 14.7. The summed E-state index contributed by atoms with van der Waals surface area (Å²) in [5.41, 5.74) is 0.905. The molecule has 1 heterocycles. The third-order valence-corrected chi connectivity index (χ3v) is 8.21. The summed E-state index contributed by atoms with van der Waals surface area (Å²) in [6.07, 6.45) is 1.34. The third-order valence-electron chi connectivity index (χ3n) is 4.71. The van der Waals surface area contributed by atoms with Gasteiger partial charge < -0.3 is 13.9 Å². The van der Waals surface area contributed by atoms with Crippen LogP contribution in [0.15, 0.2) is 75.1 Å². The SMILES string of the molecule is COc1ccc(S(=O)(=O)NC[C@@H](c2ccco2)S(=O)(=O)c2ccc(C)cc2)cc1OC. The first-order valence-corrected chi connectivity index (χ1v) is 12.3. The lowest BCUT2D eigenvalue weighted by Crippen LogP contribution is -2.32. The molecular formula is C21H23NO7S2. The molecule has 2 aromatic carbocycles. The molecule has 0 radical (unpaired) electrons. The van der Waals surface area contributed by atoms with Gasteiger partial charge in [-0.05, 0) is 43.3 Å². The van der Waals surface area contributed by atoms with Gasteiger partial charge in [-0.2, -0.15) is 0 Å². The molecule has 166 valence electrons. The van der Waals surface area contributed by atoms with E-state index < -0.39 is 31.7 Å². The zero-order valence-corrected chi connectivity index (χ0v) is 18.9. The molecule has 0 aliphatic carbocycles. The van der Waals surface area contributed by atoms with Crippen LogP contribution in [0.2, 0.25) is 0 Å². The van der Waals surface area contributed by atoms with E-state index >= 15 is 0 Å². The molecule has 0 bridgehead atoms. The van der Waals surface area contributed by atoms with Crippen LogP contribution in [0, 0.1) is 6.92 Å². The number of sulfonamides is 1. The van der Waals surface area contributed by atoms with Gasteiger partial charge >= 0.3 is 0 Å². The van der Waals surface area contributed by atoms with E-state index in [2.05, 4.69) is 4.72 Å². The van der Waals surface area contributed by atoms with E-state index in [0.29, 0.717) is 5.75 Å². The Bertz CT molecular complexity index is 1230. The second-order valence-corrected chi connectivity index (χ2v) is 10.6. The second kappa shape index (κ2) is 9.13. The highest BCUT2D eigenvalue weighted by molar-refractivity contribution is 7.92. The molecule has 1 atom stereocenters. The van der Waals surface area contributed by atoms with Crippen molar-refractivity contribution in [2.24, 2.45) is 0 Å². The smallest absolute Gasteiger partial charge is 0.240 e. The first-order valence-electron chi connectivity index (χ1n) is 9.24. The minimum atomic E-state index is -4.04. The van der Waals surface area contributed by atoms with E-state index in [4.69, 9.17) is 13.9 Å². The minimum absolute atomic E-state index is 0.0739. The second-order valence-electron chi connectivity index (χ2n) is 6.73. The van der Waals surface area contributed by atoms with Crippen LogP contribution in [0.4, 0.5) is 0 Å². The molecule has 0 aliphatic heterocycles. The number of sulfone groups is 1. The highest BCUT2D eigenvalue weighted by Crippen LogP contribution is 2.31. The summed E-state index contributed by atoms with van der Waals surface area (Å²) >= 11 is 0. The van der Waals surface area contributed by atoms with Gasteiger partial charge in [0, 0.05) is 12.6 Å². The van der Waals surface area contributed by atoms with Crippen LogP contribution in [0.5, 0.6) is 11.5 Å². The van der Waals surface area contributed by atoms with Gasteiger partial charge in [0.25, 0.3) is 0 Å². The van der Waals surface area contributed by atoms with Gasteiger partial charge in [-0.1, -0.05) is 17.7 Å². The summed E-state index contributed by atoms with van der Waals surface area (Å²) in [4.78, 5) is -0.0131. The summed E-state index contributed by atoms with van der Waals surface area (Å²) in [5.74, 6) is 0.743. The number of aryl methyl sites for hydroxylation is 1. The van der Waals surface area contributed by atoms with Crippen LogP contribution in [0.25, 0.3) is 0 Å². The Hall–Kier alpha value is -2.82. The molecule has 0 aliphatic rings. The summed E-state index contributed by atoms with van der Waals surface area (Å²) < 4.78 is 70.2. The molecule has 8 nitrogen and oxygen atoms in total. The van der Waals surface area contributed by atoms with Crippen molar-refractivity contribution in [2.45, 2.75) is 22.0 Å². The Labute approximate surface area is 181 Å². The Morgan fingerprint density at radius 3 is 2.13 bits per heavy atom. The number of ether oxygens (including phenoxy) is 2. The van der Waals surface area contributed by atoms with Crippen molar-refractivity contribution in [3.8, 4) is 11.5 Å². The average Bonchev–Trinajstić information content (AvgIpc) is 3.27. The predicted molar refractivity (Wildman–Crippen MR) is 115 cm³/mol. The third kappa shape index (κ3) is 4.92. The number of rotatable bonds is 9. The van der Waals surface area contributed by atoms with Crippen LogP contribution in [0.1, 0.15) is 16.6 Å². The molecule has 3 aromatic rings. The quantitative estimate of drug-likeness (QED) is 0.517. The Morgan fingerprint density at radius 2 is 1.55 bits per heavy atom. The van der Waals surface area contributed by atoms with Crippen LogP contribution in [-0.4, -0.2) is 37.6 Å². The molecule has 0 amide bonds. The van der Waals surface area contributed by atoms with E-state index in [1.165, 1.54) is 56.9 Å². The van der Waals surface area contributed by atoms with Gasteiger partial charge in [0.15, 0.2) is 21.3 Å². The zero-order valence-electron chi connectivity index (χ0n) is 17.2. The number of hydrogen-bond donors (Lipinski definition) is 1. The largest absolute Gasteiger partial charge is 0.493 e. The van der Waals surface area contributed by atoms with Gasteiger partial charge in [0.1, 0.15) is 11.0 Å². The average molecular weight is 466 g/mol. The zero-order chi connectivity index (χ0) is 22.6. The van der Waals surface area contributed by atoms with Gasteiger partial charge in [-0.25, -0.2) is 21.6 Å². The maximum atomic E-state index is 13.2. The minimum Gasteiger partial charge on any atom is -0.493 e.